The summed E-state index contributed by atoms with van der Waals surface area (Å²) in [6, 6.07) is 3.77. The van der Waals surface area contributed by atoms with Crippen LogP contribution >= 0.6 is 11.8 Å². The summed E-state index contributed by atoms with van der Waals surface area (Å²) in [5, 5.41) is 30.7. The van der Waals surface area contributed by atoms with Crippen molar-refractivity contribution in [3.05, 3.63) is 33.9 Å². The van der Waals surface area contributed by atoms with Crippen molar-refractivity contribution >= 4 is 34.3 Å². The predicted octanol–water partition coefficient (Wildman–Crippen LogP) is 1.71. The van der Waals surface area contributed by atoms with Crippen LogP contribution in [0.1, 0.15) is 10.4 Å². The highest BCUT2D eigenvalue weighted by Crippen LogP contribution is 2.31. The molecular weight excluding hydrogens is 272 g/mol. The lowest BCUT2D eigenvalue weighted by Gasteiger charge is -2.03. The van der Waals surface area contributed by atoms with Crippen molar-refractivity contribution in [2.75, 3.05) is 6.26 Å². The van der Waals surface area contributed by atoms with Gasteiger partial charge in [-0.15, -0.1) is 0 Å². The van der Waals surface area contributed by atoms with Gasteiger partial charge in [0.15, 0.2) is 11.4 Å². The molecule has 0 atom stereocenters. The lowest BCUT2D eigenvalue weighted by atomic mass is 10.1. The Morgan fingerprint density at radius 1 is 1.63 bits per heavy atom. The third kappa shape index (κ3) is 3.43. The van der Waals surface area contributed by atoms with Crippen LogP contribution in [0.2, 0.25) is 0 Å². The van der Waals surface area contributed by atoms with E-state index in [1.807, 2.05) is 0 Å². The second kappa shape index (κ2) is 6.36. The number of aliphatic imine (C=N–C) groups is 1. The molecule has 8 nitrogen and oxygen atoms in total. The van der Waals surface area contributed by atoms with Crippen LogP contribution < -0.4 is 5.32 Å². The molecule has 0 heterocycles. The number of carboxylic acids is 1. The molecule has 0 bridgehead atoms. The molecule has 9 heteroatoms. The lowest BCUT2D eigenvalue weighted by molar-refractivity contribution is -0.384. The average molecular weight is 280 g/mol. The van der Waals surface area contributed by atoms with Gasteiger partial charge in [-0.3, -0.25) is 15.4 Å². The molecule has 1 aromatic rings. The van der Waals surface area contributed by atoms with Gasteiger partial charge in [-0.1, -0.05) is 17.8 Å². The van der Waals surface area contributed by atoms with Gasteiger partial charge in [0.25, 0.3) is 0 Å². The van der Waals surface area contributed by atoms with E-state index in [2.05, 4.69) is 10.3 Å². The number of nitrogens with zero attached hydrogens (tertiary/aromatic N) is 3. The van der Waals surface area contributed by atoms with Crippen LogP contribution in [-0.4, -0.2) is 27.4 Å². The van der Waals surface area contributed by atoms with Gasteiger partial charge in [0.05, 0.1) is 4.92 Å². The quantitative estimate of drug-likeness (QED) is 0.215. The van der Waals surface area contributed by atoms with Crippen molar-refractivity contribution in [2.45, 2.75) is 0 Å². The Morgan fingerprint density at radius 2 is 2.32 bits per heavy atom. The Hall–Kier alpha value is -2.60. The summed E-state index contributed by atoms with van der Waals surface area (Å²) >= 11 is 1.07. The summed E-state index contributed by atoms with van der Waals surface area (Å²) in [5.74, 6) is -1.41. The summed E-state index contributed by atoms with van der Waals surface area (Å²) in [4.78, 5) is 24.9. The molecule has 0 amide bonds. The van der Waals surface area contributed by atoms with E-state index in [1.165, 1.54) is 12.1 Å². The van der Waals surface area contributed by atoms with Crippen molar-refractivity contribution in [1.82, 2.24) is 5.32 Å². The van der Waals surface area contributed by atoms with E-state index >= 15 is 0 Å². The Labute approximate surface area is 111 Å². The van der Waals surface area contributed by atoms with E-state index in [0.29, 0.717) is 0 Å². The first kappa shape index (κ1) is 14.5. The van der Waals surface area contributed by atoms with Gasteiger partial charge in [0.1, 0.15) is 11.3 Å². The van der Waals surface area contributed by atoms with Crippen LogP contribution in [0.4, 0.5) is 11.4 Å². The van der Waals surface area contributed by atoms with Crippen molar-refractivity contribution in [3.8, 4) is 6.19 Å². The first-order valence-corrected chi connectivity index (χ1v) is 6.02. The lowest BCUT2D eigenvalue weighted by Crippen LogP contribution is -2.12. The SMILES string of the molecule is CSC(=Nc1cccc(C(=O)O)c1[N+](=O)[O-])NC#N. The first-order chi connectivity index (χ1) is 9.01. The number of rotatable bonds is 3. The van der Waals surface area contributed by atoms with Crippen LogP contribution in [0.5, 0.6) is 0 Å². The van der Waals surface area contributed by atoms with Gasteiger partial charge < -0.3 is 5.11 Å². The third-order valence-corrected chi connectivity index (χ3v) is 2.59. The molecule has 0 aliphatic carbocycles. The van der Waals surface area contributed by atoms with Gasteiger partial charge >= 0.3 is 11.7 Å². The minimum atomic E-state index is -1.41. The summed E-state index contributed by atoms with van der Waals surface area (Å²) in [5.41, 5.74) is -1.19. The Balaban J connectivity index is 3.44. The Kier molecular flexibility index (Phi) is 4.84. The molecule has 0 aromatic heterocycles. The van der Waals surface area contributed by atoms with E-state index < -0.39 is 22.1 Å². The van der Waals surface area contributed by atoms with E-state index in [9.17, 15) is 14.9 Å². The van der Waals surface area contributed by atoms with Crippen LogP contribution in [0.3, 0.4) is 0 Å². The van der Waals surface area contributed by atoms with E-state index in [0.717, 1.165) is 17.8 Å². The number of amidine groups is 1. The number of hydrogen-bond donors (Lipinski definition) is 2. The second-order valence-corrected chi connectivity index (χ2v) is 3.89. The average Bonchev–Trinajstić information content (AvgIpc) is 2.37. The number of nitrogens with one attached hydrogen (secondary N) is 1. The zero-order valence-corrected chi connectivity index (χ0v) is 10.5. The minimum absolute atomic E-state index is 0.128. The summed E-state index contributed by atoms with van der Waals surface area (Å²) in [7, 11) is 0. The fraction of sp³-hybridized carbons (Fsp3) is 0.100. The van der Waals surface area contributed by atoms with Crippen molar-refractivity contribution in [3.63, 3.8) is 0 Å². The summed E-state index contributed by atoms with van der Waals surface area (Å²) < 4.78 is 0. The van der Waals surface area contributed by atoms with Crippen LogP contribution in [0.25, 0.3) is 0 Å². The molecule has 1 rings (SSSR count). The van der Waals surface area contributed by atoms with Crippen LogP contribution in [-0.2, 0) is 0 Å². The highest BCUT2D eigenvalue weighted by atomic mass is 32.2. The molecule has 0 unspecified atom stereocenters. The fourth-order valence-electron chi connectivity index (χ4n) is 1.27. The molecule has 98 valence electrons. The maximum absolute atomic E-state index is 11.0. The molecule has 1 aromatic carbocycles. The van der Waals surface area contributed by atoms with Crippen molar-refractivity contribution in [1.29, 1.82) is 5.26 Å². The highest BCUT2D eigenvalue weighted by Gasteiger charge is 2.24. The molecule has 0 aliphatic heterocycles. The number of nitro groups is 1. The molecule has 0 fully saturated rings. The van der Waals surface area contributed by atoms with E-state index in [1.54, 1.807) is 12.4 Å². The van der Waals surface area contributed by atoms with Gasteiger partial charge in [-0.2, -0.15) is 5.26 Å². The predicted molar refractivity (Wildman–Crippen MR) is 69.4 cm³/mol. The maximum Gasteiger partial charge on any atom is 0.342 e. The maximum atomic E-state index is 11.0. The second-order valence-electron chi connectivity index (χ2n) is 3.09. The number of nitriles is 1. The van der Waals surface area contributed by atoms with Crippen molar-refractivity contribution in [2.24, 2.45) is 4.99 Å². The van der Waals surface area contributed by atoms with Crippen molar-refractivity contribution < 1.29 is 14.8 Å². The Bertz CT molecular complexity index is 594. The molecular formula is C10H8N4O4S. The molecule has 0 aliphatic rings. The molecule has 0 radical (unpaired) electrons. The smallest absolute Gasteiger partial charge is 0.342 e. The van der Waals surface area contributed by atoms with Crippen LogP contribution in [0, 0.1) is 21.6 Å². The number of carboxylic acid groups (broad SMARTS) is 1. The molecule has 0 spiro atoms. The normalized spacial score (nSPS) is 10.6. The Morgan fingerprint density at radius 3 is 2.79 bits per heavy atom. The van der Waals surface area contributed by atoms with Gasteiger partial charge in [-0.05, 0) is 18.4 Å². The van der Waals surface area contributed by atoms with E-state index in [4.69, 9.17) is 10.4 Å². The molecule has 2 N–H and O–H groups in total. The van der Waals surface area contributed by atoms with Crippen LogP contribution in [0.15, 0.2) is 23.2 Å². The van der Waals surface area contributed by atoms with Gasteiger partial charge in [0, 0.05) is 0 Å². The number of thioether (sulfide) groups is 1. The van der Waals surface area contributed by atoms with Gasteiger partial charge in [-0.25, -0.2) is 9.79 Å². The minimum Gasteiger partial charge on any atom is -0.477 e. The number of hydrogen-bond acceptors (Lipinski definition) is 6. The number of nitro benzene ring substituents is 1. The first-order valence-electron chi connectivity index (χ1n) is 4.79. The molecule has 19 heavy (non-hydrogen) atoms. The standard InChI is InChI=1S/C10H8N4O4S/c1-19-10(12-5-11)13-7-4-2-3-6(9(15)16)8(7)14(17)18/h2-4H,1H3,(H,12,13)(H,15,16). The number of carbonyl (C=O) groups is 1. The highest BCUT2D eigenvalue weighted by molar-refractivity contribution is 8.13. The van der Waals surface area contributed by atoms with E-state index in [-0.39, 0.29) is 10.9 Å². The summed E-state index contributed by atoms with van der Waals surface area (Å²) in [6.07, 6.45) is 3.26. The monoisotopic (exact) mass is 280 g/mol. The largest absolute Gasteiger partial charge is 0.477 e. The molecule has 0 saturated heterocycles. The zero-order valence-electron chi connectivity index (χ0n) is 9.65. The summed E-state index contributed by atoms with van der Waals surface area (Å²) in [6.45, 7) is 0. The third-order valence-electron chi connectivity index (χ3n) is 2.01. The zero-order chi connectivity index (χ0) is 14.4. The number of para-hydroxylation sites is 1. The molecule has 0 saturated carbocycles. The van der Waals surface area contributed by atoms with Gasteiger partial charge in [0.2, 0.25) is 0 Å². The topological polar surface area (TPSA) is 129 Å². The number of aromatic carboxylic acids is 1. The number of benzene rings is 1. The fourth-order valence-corrected chi connectivity index (χ4v) is 1.61.